The molecule has 4 nitrogen and oxygen atoms in total. The van der Waals surface area contributed by atoms with Gasteiger partial charge in [0, 0.05) is 18.7 Å². The van der Waals surface area contributed by atoms with Gasteiger partial charge in [-0.3, -0.25) is 0 Å². The van der Waals surface area contributed by atoms with Crippen molar-refractivity contribution in [3.8, 4) is 5.75 Å². The molecule has 0 aromatic heterocycles. The molecule has 25 heavy (non-hydrogen) atoms. The lowest BCUT2D eigenvalue weighted by molar-refractivity contribution is 0.414. The van der Waals surface area contributed by atoms with Gasteiger partial charge >= 0.3 is 0 Å². The van der Waals surface area contributed by atoms with E-state index in [0.717, 1.165) is 29.5 Å². The van der Waals surface area contributed by atoms with Crippen molar-refractivity contribution in [1.82, 2.24) is 4.31 Å². The molecule has 7 heteroatoms. The zero-order valence-electron chi connectivity index (χ0n) is 13.8. The van der Waals surface area contributed by atoms with Crippen molar-refractivity contribution in [2.24, 2.45) is 0 Å². The molecule has 1 saturated heterocycles. The second-order valence-electron chi connectivity index (χ2n) is 6.11. The van der Waals surface area contributed by atoms with Crippen LogP contribution in [0.15, 0.2) is 42.5 Å². The number of benzene rings is 2. The van der Waals surface area contributed by atoms with Gasteiger partial charge in [0.15, 0.2) is 0 Å². The number of ether oxygens (including phenoxy) is 1. The third-order valence-electron chi connectivity index (χ3n) is 4.48. The van der Waals surface area contributed by atoms with E-state index in [-0.39, 0.29) is 11.5 Å². The van der Waals surface area contributed by atoms with Gasteiger partial charge in [-0.1, -0.05) is 12.1 Å². The van der Waals surface area contributed by atoms with Crippen LogP contribution in [0.5, 0.6) is 5.75 Å². The Bertz CT molecular complexity index is 853. The number of halogens is 2. The maximum Gasteiger partial charge on any atom is 0.218 e. The number of nitrogens with zero attached hydrogens (tertiary/aromatic N) is 1. The highest BCUT2D eigenvalue weighted by Crippen LogP contribution is 2.31. The normalized spacial score (nSPS) is 18.4. The first-order valence-corrected chi connectivity index (χ1v) is 9.55. The monoisotopic (exact) mass is 367 g/mol. The minimum Gasteiger partial charge on any atom is -0.497 e. The van der Waals surface area contributed by atoms with E-state index in [0.29, 0.717) is 19.5 Å². The summed E-state index contributed by atoms with van der Waals surface area (Å²) in [6, 6.07) is 10.4. The molecule has 2 aromatic carbocycles. The summed E-state index contributed by atoms with van der Waals surface area (Å²) >= 11 is 0. The summed E-state index contributed by atoms with van der Waals surface area (Å²) < 4.78 is 58.6. The van der Waals surface area contributed by atoms with E-state index in [2.05, 4.69) is 0 Å². The van der Waals surface area contributed by atoms with Crippen LogP contribution in [0.1, 0.15) is 23.5 Å². The summed E-state index contributed by atoms with van der Waals surface area (Å²) in [6.07, 6.45) is 0.692. The van der Waals surface area contributed by atoms with Gasteiger partial charge in [-0.05, 0) is 48.2 Å². The Labute approximate surface area is 146 Å². The van der Waals surface area contributed by atoms with E-state index in [4.69, 9.17) is 4.74 Å². The maximum absolute atomic E-state index is 13.7. The van der Waals surface area contributed by atoms with Crippen molar-refractivity contribution in [2.45, 2.75) is 18.1 Å². The summed E-state index contributed by atoms with van der Waals surface area (Å²) in [6.45, 7) is 0.710. The Morgan fingerprint density at radius 3 is 2.56 bits per heavy atom. The molecule has 0 saturated carbocycles. The number of rotatable bonds is 5. The minimum absolute atomic E-state index is 0.0815. The molecule has 3 rings (SSSR count). The van der Waals surface area contributed by atoms with Gasteiger partial charge in [0.25, 0.3) is 0 Å². The van der Waals surface area contributed by atoms with Crippen LogP contribution >= 0.6 is 0 Å². The van der Waals surface area contributed by atoms with Crippen molar-refractivity contribution in [3.63, 3.8) is 0 Å². The fourth-order valence-electron chi connectivity index (χ4n) is 3.07. The molecule has 2 aromatic rings. The standard InChI is InChI=1S/C18H19F2NO3S/c1-24-17-5-2-13(3-6-17)14-8-9-21(11-14)25(22,23)12-15-10-16(19)4-7-18(15)20/h2-7,10,14H,8-9,11-12H2,1H3. The van der Waals surface area contributed by atoms with Gasteiger partial charge in [0.05, 0.1) is 12.9 Å². The Balaban J connectivity index is 1.72. The van der Waals surface area contributed by atoms with Gasteiger partial charge < -0.3 is 4.74 Å². The molecule has 0 aliphatic carbocycles. The summed E-state index contributed by atoms with van der Waals surface area (Å²) in [7, 11) is -2.12. The molecule has 0 N–H and O–H groups in total. The lowest BCUT2D eigenvalue weighted by Crippen LogP contribution is -2.30. The van der Waals surface area contributed by atoms with Crippen LogP contribution in [0.4, 0.5) is 8.78 Å². The maximum atomic E-state index is 13.7. The Hall–Kier alpha value is -1.99. The minimum atomic E-state index is -3.70. The highest BCUT2D eigenvalue weighted by Gasteiger charge is 2.32. The van der Waals surface area contributed by atoms with Crippen LogP contribution in [0.25, 0.3) is 0 Å². The van der Waals surface area contributed by atoms with E-state index in [9.17, 15) is 17.2 Å². The van der Waals surface area contributed by atoms with E-state index in [1.54, 1.807) is 7.11 Å². The molecule has 1 fully saturated rings. The molecule has 1 atom stereocenters. The predicted molar refractivity (Wildman–Crippen MR) is 90.9 cm³/mol. The van der Waals surface area contributed by atoms with Gasteiger partial charge in [0.1, 0.15) is 17.4 Å². The summed E-state index contributed by atoms with van der Waals surface area (Å²) in [5.41, 5.74) is 0.892. The van der Waals surface area contributed by atoms with Gasteiger partial charge in [-0.15, -0.1) is 0 Å². The second-order valence-corrected chi connectivity index (χ2v) is 8.08. The molecule has 1 aliphatic heterocycles. The van der Waals surface area contributed by atoms with Crippen LogP contribution in [-0.4, -0.2) is 32.9 Å². The molecule has 0 radical (unpaired) electrons. The molecular weight excluding hydrogens is 348 g/mol. The average molecular weight is 367 g/mol. The van der Waals surface area contributed by atoms with Gasteiger partial charge in [-0.2, -0.15) is 0 Å². The van der Waals surface area contributed by atoms with Crippen molar-refractivity contribution in [1.29, 1.82) is 0 Å². The largest absolute Gasteiger partial charge is 0.497 e. The quantitative estimate of drug-likeness (QED) is 0.815. The predicted octanol–water partition coefficient (Wildman–Crippen LogP) is 3.29. The average Bonchev–Trinajstić information content (AvgIpc) is 3.09. The first-order chi connectivity index (χ1) is 11.9. The smallest absolute Gasteiger partial charge is 0.218 e. The van der Waals surface area contributed by atoms with Crippen molar-refractivity contribution in [3.05, 3.63) is 65.2 Å². The van der Waals surface area contributed by atoms with Crippen molar-refractivity contribution < 1.29 is 21.9 Å². The first-order valence-electron chi connectivity index (χ1n) is 7.95. The molecule has 1 unspecified atom stereocenters. The Kier molecular flexibility index (Phi) is 5.06. The highest BCUT2D eigenvalue weighted by atomic mass is 32.2. The zero-order chi connectivity index (χ0) is 18.0. The topological polar surface area (TPSA) is 46.6 Å². The van der Waals surface area contributed by atoms with Crippen LogP contribution in [0.3, 0.4) is 0 Å². The van der Waals surface area contributed by atoms with Crippen molar-refractivity contribution >= 4 is 10.0 Å². The van der Waals surface area contributed by atoms with Crippen LogP contribution in [-0.2, 0) is 15.8 Å². The molecular formula is C18H19F2NO3S. The molecule has 0 bridgehead atoms. The number of methoxy groups -OCH3 is 1. The SMILES string of the molecule is COc1ccc(C2CCN(S(=O)(=O)Cc3cc(F)ccc3F)C2)cc1. The zero-order valence-corrected chi connectivity index (χ0v) is 14.6. The third kappa shape index (κ3) is 3.99. The highest BCUT2D eigenvalue weighted by molar-refractivity contribution is 7.88. The van der Waals surface area contributed by atoms with E-state index in [1.807, 2.05) is 24.3 Å². The lowest BCUT2D eigenvalue weighted by atomic mass is 9.99. The van der Waals surface area contributed by atoms with Gasteiger partial charge in [0.2, 0.25) is 10.0 Å². The fraction of sp³-hybridized carbons (Fsp3) is 0.333. The molecule has 0 spiro atoms. The number of hydrogen-bond donors (Lipinski definition) is 0. The van der Waals surface area contributed by atoms with Crippen LogP contribution in [0, 0.1) is 11.6 Å². The van der Waals surface area contributed by atoms with E-state index < -0.39 is 27.4 Å². The number of hydrogen-bond acceptors (Lipinski definition) is 3. The second kappa shape index (κ2) is 7.09. The van der Waals surface area contributed by atoms with Crippen LogP contribution < -0.4 is 4.74 Å². The van der Waals surface area contributed by atoms with Gasteiger partial charge in [-0.25, -0.2) is 21.5 Å². The molecule has 134 valence electrons. The van der Waals surface area contributed by atoms with Crippen molar-refractivity contribution in [2.75, 3.05) is 20.2 Å². The molecule has 1 heterocycles. The van der Waals surface area contributed by atoms with E-state index >= 15 is 0 Å². The summed E-state index contributed by atoms with van der Waals surface area (Å²) in [5, 5.41) is 0. The Morgan fingerprint density at radius 1 is 1.16 bits per heavy atom. The molecule has 0 amide bonds. The van der Waals surface area contributed by atoms with E-state index in [1.165, 1.54) is 4.31 Å². The fourth-order valence-corrected chi connectivity index (χ4v) is 4.66. The molecule has 1 aliphatic rings. The first kappa shape index (κ1) is 17.8. The third-order valence-corrected chi connectivity index (χ3v) is 6.27. The summed E-state index contributed by atoms with van der Waals surface area (Å²) in [4.78, 5) is 0. The number of sulfonamides is 1. The van der Waals surface area contributed by atoms with Crippen LogP contribution in [0.2, 0.25) is 0 Å². The Morgan fingerprint density at radius 2 is 1.88 bits per heavy atom. The summed E-state index contributed by atoms with van der Waals surface area (Å²) in [5.74, 6) is -1.07. The lowest BCUT2D eigenvalue weighted by Gasteiger charge is -2.17.